The van der Waals surface area contributed by atoms with Crippen LogP contribution in [0.1, 0.15) is 34.6 Å². The number of pyridine rings is 1. The number of aromatic nitrogens is 1. The lowest BCUT2D eigenvalue weighted by Gasteiger charge is -2.14. The van der Waals surface area contributed by atoms with Crippen molar-refractivity contribution in [2.24, 2.45) is 5.73 Å². The molecule has 1 aromatic heterocycles. The molecule has 21 heavy (non-hydrogen) atoms. The summed E-state index contributed by atoms with van der Waals surface area (Å²) in [5.41, 5.74) is 7.35. The maximum Gasteiger partial charge on any atom is 0.270 e. The van der Waals surface area contributed by atoms with Crippen molar-refractivity contribution < 1.29 is 4.79 Å². The van der Waals surface area contributed by atoms with E-state index in [-0.39, 0.29) is 16.9 Å². The molecule has 0 fully saturated rings. The van der Waals surface area contributed by atoms with Gasteiger partial charge in [0.1, 0.15) is 10.7 Å². The third kappa shape index (κ3) is 4.00. The molecule has 2 aromatic rings. The summed E-state index contributed by atoms with van der Waals surface area (Å²) >= 11 is 10.8. The number of rotatable bonds is 4. The lowest BCUT2D eigenvalue weighted by molar-refractivity contribution is 0.0935. The number of nitrogens with two attached hydrogens (primary N) is 1. The molecule has 1 atom stereocenters. The van der Waals surface area contributed by atoms with Crippen molar-refractivity contribution in [1.29, 1.82) is 0 Å². The zero-order valence-electron chi connectivity index (χ0n) is 11.3. The van der Waals surface area contributed by atoms with Crippen LogP contribution in [0.4, 0.5) is 0 Å². The summed E-state index contributed by atoms with van der Waals surface area (Å²) in [5, 5.41) is 3.50. The number of hydrogen-bond donors (Lipinski definition) is 2. The van der Waals surface area contributed by atoms with E-state index in [0.29, 0.717) is 16.3 Å². The van der Waals surface area contributed by atoms with E-state index in [2.05, 4.69) is 10.3 Å². The zero-order chi connectivity index (χ0) is 15.4. The Hall–Kier alpha value is -1.98. The Labute approximate surface area is 133 Å². The van der Waals surface area contributed by atoms with E-state index in [4.69, 9.17) is 29.6 Å². The molecule has 108 valence electrons. The third-order valence-corrected chi connectivity index (χ3v) is 3.45. The van der Waals surface area contributed by atoms with E-state index in [1.54, 1.807) is 18.2 Å². The van der Waals surface area contributed by atoms with Crippen molar-refractivity contribution in [1.82, 2.24) is 10.3 Å². The van der Waals surface area contributed by atoms with Gasteiger partial charge < -0.3 is 11.1 Å². The van der Waals surface area contributed by atoms with Crippen LogP contribution in [-0.4, -0.2) is 15.9 Å². The molecule has 3 N–H and O–H groups in total. The average Bonchev–Trinajstić information content (AvgIpc) is 2.47. The van der Waals surface area contributed by atoms with Crippen LogP contribution in [0.15, 0.2) is 42.6 Å². The van der Waals surface area contributed by atoms with Crippen LogP contribution in [0.25, 0.3) is 0 Å². The molecule has 0 bridgehead atoms. The van der Waals surface area contributed by atoms with Gasteiger partial charge in [0.2, 0.25) is 0 Å². The van der Waals surface area contributed by atoms with Crippen LogP contribution in [0.3, 0.4) is 0 Å². The maximum absolute atomic E-state index is 12.1. The number of hydrogen-bond acceptors (Lipinski definition) is 3. The molecule has 1 unspecified atom stereocenters. The molecule has 0 aliphatic carbocycles. The molecule has 0 spiro atoms. The van der Waals surface area contributed by atoms with Gasteiger partial charge in [-0.1, -0.05) is 36.0 Å². The molecule has 1 amide bonds. The second-order valence-corrected chi connectivity index (χ2v) is 5.42. The number of amides is 1. The molecule has 0 saturated carbocycles. The standard InChI is InChI=1S/C15H14ClN3OS/c1-9(10-3-2-4-12(16)7-10)19-15(20)13-6-5-11(8-18-13)14(17)21/h2-9H,1H3,(H2,17,21)(H,19,20). The Balaban J connectivity index is 2.08. The molecular formula is C15H14ClN3OS. The first-order valence-corrected chi connectivity index (χ1v) is 7.08. The Morgan fingerprint density at radius 1 is 1.38 bits per heavy atom. The molecule has 4 nitrogen and oxygen atoms in total. The predicted octanol–water partition coefficient (Wildman–Crippen LogP) is 2.86. The van der Waals surface area contributed by atoms with E-state index in [1.807, 2.05) is 25.1 Å². The zero-order valence-corrected chi connectivity index (χ0v) is 12.9. The van der Waals surface area contributed by atoms with E-state index < -0.39 is 0 Å². The van der Waals surface area contributed by atoms with Gasteiger partial charge in [0, 0.05) is 16.8 Å². The summed E-state index contributed by atoms with van der Waals surface area (Å²) in [6.45, 7) is 1.88. The molecule has 0 saturated heterocycles. The SMILES string of the molecule is CC(NC(=O)c1ccc(C(N)=S)cn1)c1cccc(Cl)c1. The van der Waals surface area contributed by atoms with Crippen molar-refractivity contribution in [3.63, 3.8) is 0 Å². The van der Waals surface area contributed by atoms with Crippen LogP contribution in [0.2, 0.25) is 5.02 Å². The van der Waals surface area contributed by atoms with Gasteiger partial charge in [0.25, 0.3) is 5.91 Å². The summed E-state index contributed by atoms with van der Waals surface area (Å²) in [7, 11) is 0. The van der Waals surface area contributed by atoms with E-state index in [9.17, 15) is 4.79 Å². The average molecular weight is 320 g/mol. The lowest BCUT2D eigenvalue weighted by Crippen LogP contribution is -2.27. The van der Waals surface area contributed by atoms with Gasteiger partial charge >= 0.3 is 0 Å². The highest BCUT2D eigenvalue weighted by atomic mass is 35.5. The van der Waals surface area contributed by atoms with Gasteiger partial charge in [-0.15, -0.1) is 0 Å². The summed E-state index contributed by atoms with van der Waals surface area (Å²) in [6.07, 6.45) is 1.49. The van der Waals surface area contributed by atoms with E-state index in [0.717, 1.165) is 5.56 Å². The number of benzene rings is 1. The number of nitrogens with one attached hydrogen (secondary N) is 1. The fourth-order valence-corrected chi connectivity index (χ4v) is 2.12. The minimum atomic E-state index is -0.267. The smallest absolute Gasteiger partial charge is 0.270 e. The predicted molar refractivity (Wildman–Crippen MR) is 87.5 cm³/mol. The Morgan fingerprint density at radius 2 is 2.14 bits per heavy atom. The second kappa shape index (κ2) is 6.65. The number of thiocarbonyl (C=S) groups is 1. The normalized spacial score (nSPS) is 11.7. The summed E-state index contributed by atoms with van der Waals surface area (Å²) in [6, 6.07) is 10.4. The highest BCUT2D eigenvalue weighted by Gasteiger charge is 2.13. The van der Waals surface area contributed by atoms with Crippen LogP contribution >= 0.6 is 23.8 Å². The van der Waals surface area contributed by atoms with Crippen molar-refractivity contribution in [3.05, 3.63) is 64.4 Å². The Kier molecular flexibility index (Phi) is 4.88. The number of nitrogens with zero attached hydrogens (tertiary/aromatic N) is 1. The number of carbonyl (C=O) groups is 1. The van der Waals surface area contributed by atoms with Gasteiger partial charge in [-0.3, -0.25) is 9.78 Å². The molecule has 0 aliphatic heterocycles. The Bertz CT molecular complexity index is 673. The van der Waals surface area contributed by atoms with E-state index >= 15 is 0 Å². The monoisotopic (exact) mass is 319 g/mol. The fraction of sp³-hybridized carbons (Fsp3) is 0.133. The van der Waals surface area contributed by atoms with Gasteiger partial charge in [-0.05, 0) is 36.8 Å². The molecule has 2 rings (SSSR count). The maximum atomic E-state index is 12.1. The van der Waals surface area contributed by atoms with Crippen LogP contribution in [-0.2, 0) is 0 Å². The molecular weight excluding hydrogens is 306 g/mol. The summed E-state index contributed by atoms with van der Waals surface area (Å²) in [4.78, 5) is 16.4. The van der Waals surface area contributed by atoms with Crippen LogP contribution in [0, 0.1) is 0 Å². The fourth-order valence-electron chi connectivity index (χ4n) is 1.80. The quantitative estimate of drug-likeness (QED) is 0.850. The van der Waals surface area contributed by atoms with Crippen LogP contribution < -0.4 is 11.1 Å². The van der Waals surface area contributed by atoms with Crippen molar-refractivity contribution in [3.8, 4) is 0 Å². The first kappa shape index (κ1) is 15.4. The molecule has 0 aliphatic rings. The second-order valence-electron chi connectivity index (χ2n) is 4.55. The van der Waals surface area contributed by atoms with Gasteiger partial charge in [0.05, 0.1) is 6.04 Å². The topological polar surface area (TPSA) is 68.0 Å². The Morgan fingerprint density at radius 3 is 2.71 bits per heavy atom. The van der Waals surface area contributed by atoms with Crippen molar-refractivity contribution in [2.45, 2.75) is 13.0 Å². The molecule has 1 heterocycles. The first-order valence-electron chi connectivity index (χ1n) is 6.29. The largest absolute Gasteiger partial charge is 0.389 e. The highest BCUT2D eigenvalue weighted by molar-refractivity contribution is 7.80. The first-order chi connectivity index (χ1) is 9.97. The number of carbonyl (C=O) groups excluding carboxylic acids is 1. The third-order valence-electron chi connectivity index (χ3n) is 2.98. The van der Waals surface area contributed by atoms with E-state index in [1.165, 1.54) is 6.20 Å². The minimum absolute atomic E-state index is 0.173. The minimum Gasteiger partial charge on any atom is -0.389 e. The molecule has 0 radical (unpaired) electrons. The van der Waals surface area contributed by atoms with Gasteiger partial charge in [-0.25, -0.2) is 0 Å². The van der Waals surface area contributed by atoms with Gasteiger partial charge in [-0.2, -0.15) is 0 Å². The summed E-state index contributed by atoms with van der Waals surface area (Å²) in [5.74, 6) is -0.267. The van der Waals surface area contributed by atoms with Crippen molar-refractivity contribution in [2.75, 3.05) is 0 Å². The molecule has 6 heteroatoms. The van der Waals surface area contributed by atoms with Crippen LogP contribution in [0.5, 0.6) is 0 Å². The number of halogens is 1. The van der Waals surface area contributed by atoms with Crippen molar-refractivity contribution >= 4 is 34.7 Å². The summed E-state index contributed by atoms with van der Waals surface area (Å²) < 4.78 is 0. The van der Waals surface area contributed by atoms with Gasteiger partial charge in [0.15, 0.2) is 0 Å². The molecule has 1 aromatic carbocycles. The lowest BCUT2D eigenvalue weighted by atomic mass is 10.1. The highest BCUT2D eigenvalue weighted by Crippen LogP contribution is 2.17.